The van der Waals surface area contributed by atoms with Gasteiger partial charge in [-0.1, -0.05) is 19.1 Å². The summed E-state index contributed by atoms with van der Waals surface area (Å²) >= 11 is -0.0697. The molecule has 0 aliphatic carbocycles. The van der Waals surface area contributed by atoms with E-state index in [0.29, 0.717) is 18.5 Å². The Kier molecular flexibility index (Phi) is 5.57. The first-order valence-electron chi connectivity index (χ1n) is 7.10. The minimum atomic E-state index is -4.22. The molecule has 0 saturated carbocycles. The Morgan fingerprint density at radius 1 is 1.29 bits per heavy atom. The molecule has 1 aliphatic heterocycles. The van der Waals surface area contributed by atoms with Gasteiger partial charge >= 0.3 is 5.51 Å². The lowest BCUT2D eigenvalue weighted by Crippen LogP contribution is -2.46. The molecule has 2 nitrogen and oxygen atoms in total. The van der Waals surface area contributed by atoms with Gasteiger partial charge in [0.05, 0.1) is 0 Å². The van der Waals surface area contributed by atoms with E-state index in [0.717, 1.165) is 25.1 Å². The van der Waals surface area contributed by atoms with Gasteiger partial charge in [-0.3, -0.25) is 0 Å². The maximum absolute atomic E-state index is 12.3. The number of hydrogen-bond donors (Lipinski definition) is 1. The van der Waals surface area contributed by atoms with E-state index in [9.17, 15) is 13.2 Å². The summed E-state index contributed by atoms with van der Waals surface area (Å²) in [5.74, 6) is 0.587. The summed E-state index contributed by atoms with van der Waals surface area (Å²) in [6, 6.07) is 7.08. The Morgan fingerprint density at radius 2 is 1.95 bits per heavy atom. The molecule has 0 radical (unpaired) electrons. The smallest absolute Gasteiger partial charge is 0.310 e. The molecule has 2 rings (SSSR count). The minimum absolute atomic E-state index is 0.0697. The van der Waals surface area contributed by atoms with Gasteiger partial charge in [0.15, 0.2) is 0 Å². The van der Waals surface area contributed by atoms with Crippen molar-refractivity contribution in [1.29, 1.82) is 0 Å². The normalized spacial score (nSPS) is 24.2. The number of halogens is 3. The van der Waals surface area contributed by atoms with Gasteiger partial charge in [0.1, 0.15) is 0 Å². The summed E-state index contributed by atoms with van der Waals surface area (Å²) in [6.07, 6.45) is 1.11. The zero-order valence-corrected chi connectivity index (χ0v) is 13.1. The molecule has 0 spiro atoms. The van der Waals surface area contributed by atoms with Crippen LogP contribution >= 0.6 is 11.8 Å². The van der Waals surface area contributed by atoms with Gasteiger partial charge in [-0.25, -0.2) is 0 Å². The SMILES string of the molecule is CC1CN(C)CCC1NCc1ccc(SC(F)(F)F)cc1. The summed E-state index contributed by atoms with van der Waals surface area (Å²) in [5, 5.41) is 3.52. The monoisotopic (exact) mass is 318 g/mol. The molecule has 1 aromatic carbocycles. The number of rotatable bonds is 4. The predicted octanol–water partition coefficient (Wildman–Crippen LogP) is 3.73. The molecule has 1 aromatic rings. The van der Waals surface area contributed by atoms with Crippen LogP contribution in [0.15, 0.2) is 29.2 Å². The first-order chi connectivity index (χ1) is 9.83. The van der Waals surface area contributed by atoms with Crippen LogP contribution in [0.3, 0.4) is 0 Å². The molecule has 0 aromatic heterocycles. The van der Waals surface area contributed by atoms with Crippen LogP contribution < -0.4 is 5.32 Å². The molecule has 1 saturated heterocycles. The Balaban J connectivity index is 1.83. The summed E-state index contributed by atoms with van der Waals surface area (Å²) in [6.45, 7) is 5.11. The average Bonchev–Trinajstić information content (AvgIpc) is 2.38. The second-order valence-corrected chi connectivity index (χ2v) is 6.85. The van der Waals surface area contributed by atoms with E-state index in [1.54, 1.807) is 12.1 Å². The first kappa shape index (κ1) is 16.6. The third kappa shape index (κ3) is 5.52. The van der Waals surface area contributed by atoms with Gasteiger partial charge in [-0.05, 0) is 55.4 Å². The molecule has 2 atom stereocenters. The lowest BCUT2D eigenvalue weighted by molar-refractivity contribution is -0.0328. The molecular weight excluding hydrogens is 297 g/mol. The van der Waals surface area contributed by atoms with E-state index in [1.165, 1.54) is 12.1 Å². The zero-order valence-electron chi connectivity index (χ0n) is 12.3. The van der Waals surface area contributed by atoms with Crippen LogP contribution in [0.4, 0.5) is 13.2 Å². The van der Waals surface area contributed by atoms with Crippen LogP contribution in [0.5, 0.6) is 0 Å². The summed E-state index contributed by atoms with van der Waals surface area (Å²) in [7, 11) is 2.13. The second-order valence-electron chi connectivity index (χ2n) is 5.71. The van der Waals surface area contributed by atoms with Crippen molar-refractivity contribution in [1.82, 2.24) is 10.2 Å². The van der Waals surface area contributed by atoms with E-state index >= 15 is 0 Å². The number of piperidine rings is 1. The molecule has 21 heavy (non-hydrogen) atoms. The van der Waals surface area contributed by atoms with Crippen molar-refractivity contribution in [2.24, 2.45) is 5.92 Å². The number of likely N-dealkylation sites (tertiary alicyclic amines) is 1. The van der Waals surface area contributed by atoms with Crippen molar-refractivity contribution in [2.75, 3.05) is 20.1 Å². The van der Waals surface area contributed by atoms with Crippen LogP contribution in [0.2, 0.25) is 0 Å². The minimum Gasteiger partial charge on any atom is -0.310 e. The quantitative estimate of drug-likeness (QED) is 0.852. The molecule has 0 bridgehead atoms. The highest BCUT2D eigenvalue weighted by Gasteiger charge is 2.29. The van der Waals surface area contributed by atoms with E-state index in [1.807, 2.05) is 0 Å². The Morgan fingerprint density at radius 3 is 2.52 bits per heavy atom. The Labute approximate surface area is 128 Å². The maximum atomic E-state index is 12.3. The van der Waals surface area contributed by atoms with Gasteiger partial charge in [0.2, 0.25) is 0 Å². The number of hydrogen-bond acceptors (Lipinski definition) is 3. The lowest BCUT2D eigenvalue weighted by atomic mass is 9.94. The predicted molar refractivity (Wildman–Crippen MR) is 80.3 cm³/mol. The van der Waals surface area contributed by atoms with Crippen LogP contribution in [0, 0.1) is 5.92 Å². The Bertz CT molecular complexity index is 447. The van der Waals surface area contributed by atoms with Crippen LogP contribution in [0.1, 0.15) is 18.9 Å². The van der Waals surface area contributed by atoms with Gasteiger partial charge in [0, 0.05) is 24.0 Å². The van der Waals surface area contributed by atoms with Crippen LogP contribution in [-0.2, 0) is 6.54 Å². The Hall–Kier alpha value is -0.720. The standard InChI is InChI=1S/C15H21F3N2S/c1-11-10-20(2)8-7-14(11)19-9-12-3-5-13(6-4-12)21-15(16,17)18/h3-6,11,14,19H,7-10H2,1-2H3. The third-order valence-corrected chi connectivity index (χ3v) is 4.57. The number of nitrogens with one attached hydrogen (secondary N) is 1. The lowest BCUT2D eigenvalue weighted by Gasteiger charge is -2.35. The van der Waals surface area contributed by atoms with Crippen molar-refractivity contribution in [3.63, 3.8) is 0 Å². The highest BCUT2D eigenvalue weighted by molar-refractivity contribution is 8.00. The van der Waals surface area contributed by atoms with Crippen LogP contribution in [0.25, 0.3) is 0 Å². The zero-order chi connectivity index (χ0) is 15.5. The number of benzene rings is 1. The van der Waals surface area contributed by atoms with Crippen molar-refractivity contribution in [3.8, 4) is 0 Å². The van der Waals surface area contributed by atoms with E-state index in [2.05, 4.69) is 24.2 Å². The van der Waals surface area contributed by atoms with Gasteiger partial charge in [0.25, 0.3) is 0 Å². The van der Waals surface area contributed by atoms with E-state index < -0.39 is 5.51 Å². The largest absolute Gasteiger partial charge is 0.446 e. The first-order valence-corrected chi connectivity index (χ1v) is 7.92. The number of thioether (sulfide) groups is 1. The molecular formula is C15H21F3N2S. The topological polar surface area (TPSA) is 15.3 Å². The molecule has 1 heterocycles. The van der Waals surface area contributed by atoms with Crippen molar-refractivity contribution in [3.05, 3.63) is 29.8 Å². The van der Waals surface area contributed by atoms with Crippen molar-refractivity contribution < 1.29 is 13.2 Å². The fourth-order valence-electron chi connectivity index (χ4n) is 2.72. The molecule has 6 heteroatoms. The van der Waals surface area contributed by atoms with Crippen molar-refractivity contribution in [2.45, 2.75) is 36.3 Å². The molecule has 2 unspecified atom stereocenters. The van der Waals surface area contributed by atoms with E-state index in [4.69, 9.17) is 0 Å². The molecule has 118 valence electrons. The fourth-order valence-corrected chi connectivity index (χ4v) is 3.25. The summed E-state index contributed by atoms with van der Waals surface area (Å²) in [5.41, 5.74) is -3.20. The number of alkyl halides is 3. The third-order valence-electron chi connectivity index (χ3n) is 3.83. The van der Waals surface area contributed by atoms with E-state index in [-0.39, 0.29) is 16.7 Å². The number of nitrogens with zero attached hydrogens (tertiary/aromatic N) is 1. The summed E-state index contributed by atoms with van der Waals surface area (Å²) < 4.78 is 36.8. The van der Waals surface area contributed by atoms with Crippen molar-refractivity contribution >= 4 is 11.8 Å². The highest BCUT2D eigenvalue weighted by Crippen LogP contribution is 2.36. The summed E-state index contributed by atoms with van der Waals surface area (Å²) in [4.78, 5) is 2.56. The molecule has 1 aliphatic rings. The molecule has 1 fully saturated rings. The van der Waals surface area contributed by atoms with Gasteiger partial charge in [-0.2, -0.15) is 13.2 Å². The molecule has 1 N–H and O–H groups in total. The van der Waals surface area contributed by atoms with Crippen LogP contribution in [-0.4, -0.2) is 36.6 Å². The second kappa shape index (κ2) is 7.03. The average molecular weight is 318 g/mol. The highest BCUT2D eigenvalue weighted by atomic mass is 32.2. The fraction of sp³-hybridized carbons (Fsp3) is 0.600. The maximum Gasteiger partial charge on any atom is 0.446 e. The van der Waals surface area contributed by atoms with Gasteiger partial charge in [-0.15, -0.1) is 0 Å². The molecule has 0 amide bonds. The van der Waals surface area contributed by atoms with Gasteiger partial charge < -0.3 is 10.2 Å².